The smallest absolute Gasteiger partial charge is 0.227 e. The Bertz CT molecular complexity index is 524. The molecule has 1 aromatic rings. The number of nitrogens with zero attached hydrogens (tertiary/aromatic N) is 1. The molecule has 1 aromatic carbocycles. The average Bonchev–Trinajstić information content (AvgIpc) is 2.56. The van der Waals surface area contributed by atoms with Gasteiger partial charge in [-0.1, -0.05) is 18.2 Å². The molecule has 1 aliphatic heterocycles. The Morgan fingerprint density at radius 3 is 2.68 bits per heavy atom. The number of anilines is 1. The lowest BCUT2D eigenvalue weighted by Crippen LogP contribution is -2.42. The number of nitrogens with one attached hydrogen (secondary N) is 1. The van der Waals surface area contributed by atoms with Crippen molar-refractivity contribution >= 4 is 11.6 Å². The molecule has 4 heteroatoms. The molecule has 22 heavy (non-hydrogen) atoms. The fourth-order valence-electron chi connectivity index (χ4n) is 3.79. The first-order valence-corrected chi connectivity index (χ1v) is 8.40. The second kappa shape index (κ2) is 6.69. The molecule has 1 atom stereocenters. The number of amides is 1. The van der Waals surface area contributed by atoms with Gasteiger partial charge in [0.25, 0.3) is 0 Å². The zero-order valence-electron chi connectivity index (χ0n) is 13.3. The number of carbonyl (C=O) groups excluding carboxylic acids is 1. The number of aliphatic hydroxyl groups is 1. The van der Waals surface area contributed by atoms with Gasteiger partial charge >= 0.3 is 0 Å². The molecule has 1 amide bonds. The fraction of sp³-hybridized carbons (Fsp3) is 0.611. The summed E-state index contributed by atoms with van der Waals surface area (Å²) in [6.07, 6.45) is 4.90. The van der Waals surface area contributed by atoms with Gasteiger partial charge in [-0.3, -0.25) is 4.79 Å². The van der Waals surface area contributed by atoms with Crippen molar-refractivity contribution in [2.75, 3.05) is 25.1 Å². The number of aliphatic hydroxyl groups excluding tert-OH is 1. The van der Waals surface area contributed by atoms with E-state index in [1.54, 1.807) is 0 Å². The van der Waals surface area contributed by atoms with E-state index in [2.05, 4.69) is 29.4 Å². The maximum Gasteiger partial charge on any atom is 0.227 e. The predicted molar refractivity (Wildman–Crippen MR) is 88.0 cm³/mol. The zero-order chi connectivity index (χ0) is 15.5. The van der Waals surface area contributed by atoms with Crippen LogP contribution in [0.5, 0.6) is 0 Å². The topological polar surface area (TPSA) is 52.6 Å². The number of fused-ring (bicyclic) bond motifs is 1. The molecule has 1 unspecified atom stereocenters. The maximum absolute atomic E-state index is 12.7. The molecule has 0 spiro atoms. The van der Waals surface area contributed by atoms with Gasteiger partial charge < -0.3 is 15.3 Å². The zero-order valence-corrected chi connectivity index (χ0v) is 13.3. The summed E-state index contributed by atoms with van der Waals surface area (Å²) in [5.74, 6) is 0.577. The molecule has 1 fully saturated rings. The van der Waals surface area contributed by atoms with Crippen molar-refractivity contribution < 1.29 is 9.90 Å². The Kier molecular flexibility index (Phi) is 4.67. The third kappa shape index (κ3) is 3.12. The minimum Gasteiger partial charge on any atom is -0.396 e. The van der Waals surface area contributed by atoms with Crippen molar-refractivity contribution in [1.29, 1.82) is 0 Å². The minimum absolute atomic E-state index is 0.0250. The number of benzene rings is 1. The van der Waals surface area contributed by atoms with Gasteiger partial charge in [0.2, 0.25) is 5.91 Å². The highest BCUT2D eigenvalue weighted by atomic mass is 16.3. The van der Waals surface area contributed by atoms with Gasteiger partial charge in [0.05, 0.1) is 5.92 Å². The molecule has 0 aromatic heterocycles. The van der Waals surface area contributed by atoms with E-state index in [9.17, 15) is 9.90 Å². The van der Waals surface area contributed by atoms with Crippen LogP contribution in [0.15, 0.2) is 24.3 Å². The van der Waals surface area contributed by atoms with Crippen molar-refractivity contribution in [2.45, 2.75) is 44.1 Å². The molecule has 0 bridgehead atoms. The van der Waals surface area contributed by atoms with E-state index < -0.39 is 0 Å². The van der Waals surface area contributed by atoms with Crippen molar-refractivity contribution in [3.8, 4) is 0 Å². The van der Waals surface area contributed by atoms with Crippen molar-refractivity contribution in [3.05, 3.63) is 29.8 Å². The van der Waals surface area contributed by atoms with Crippen LogP contribution in [-0.2, 0) is 4.79 Å². The van der Waals surface area contributed by atoms with E-state index in [0.717, 1.165) is 44.2 Å². The molecule has 1 saturated carbocycles. The predicted octanol–water partition coefficient (Wildman–Crippen LogP) is 2.28. The van der Waals surface area contributed by atoms with Gasteiger partial charge in [-0.25, -0.2) is 0 Å². The molecule has 1 aliphatic carbocycles. The van der Waals surface area contributed by atoms with Crippen LogP contribution >= 0.6 is 0 Å². The van der Waals surface area contributed by atoms with Crippen LogP contribution in [0.3, 0.4) is 0 Å². The van der Waals surface area contributed by atoms with Crippen molar-refractivity contribution in [3.63, 3.8) is 0 Å². The van der Waals surface area contributed by atoms with Crippen molar-refractivity contribution in [2.24, 2.45) is 5.92 Å². The normalized spacial score (nSPS) is 28.1. The molecule has 0 saturated heterocycles. The third-order valence-electron chi connectivity index (χ3n) is 5.24. The lowest BCUT2D eigenvalue weighted by Gasteiger charge is -2.34. The van der Waals surface area contributed by atoms with E-state index in [1.807, 2.05) is 12.1 Å². The number of hydrogen-bond donors (Lipinski definition) is 2. The first-order chi connectivity index (χ1) is 10.7. The van der Waals surface area contributed by atoms with Gasteiger partial charge in [-0.2, -0.15) is 0 Å². The Morgan fingerprint density at radius 2 is 1.95 bits per heavy atom. The van der Waals surface area contributed by atoms with Crippen LogP contribution in [0.25, 0.3) is 0 Å². The van der Waals surface area contributed by atoms with Crippen LogP contribution in [0.1, 0.15) is 43.6 Å². The Hall–Kier alpha value is -1.55. The Balaban J connectivity index is 1.65. The SMILES string of the molecule is CN1CCC(C(=O)NC2CCC(CO)CC2)c2ccccc21. The standard InChI is InChI=1S/C18H26N2O2/c1-20-11-10-16(15-4-2-3-5-17(15)20)18(22)19-14-8-6-13(12-21)7-9-14/h2-5,13-14,16,21H,6-12H2,1H3,(H,19,22). The summed E-state index contributed by atoms with van der Waals surface area (Å²) in [4.78, 5) is 14.9. The third-order valence-corrected chi connectivity index (χ3v) is 5.24. The van der Waals surface area contributed by atoms with E-state index in [4.69, 9.17) is 0 Å². The fourth-order valence-corrected chi connectivity index (χ4v) is 3.79. The second-order valence-electron chi connectivity index (χ2n) is 6.73. The second-order valence-corrected chi connectivity index (χ2v) is 6.73. The largest absolute Gasteiger partial charge is 0.396 e. The summed E-state index contributed by atoms with van der Waals surface area (Å²) < 4.78 is 0. The highest BCUT2D eigenvalue weighted by Crippen LogP contribution is 2.35. The molecule has 4 nitrogen and oxygen atoms in total. The molecular weight excluding hydrogens is 276 g/mol. The summed E-state index contributed by atoms with van der Waals surface area (Å²) in [6, 6.07) is 8.51. The average molecular weight is 302 g/mol. The molecule has 3 rings (SSSR count). The quantitative estimate of drug-likeness (QED) is 0.900. The van der Waals surface area contributed by atoms with Gasteiger partial charge in [0.1, 0.15) is 0 Å². The Labute approximate surface area is 132 Å². The highest BCUT2D eigenvalue weighted by molar-refractivity contribution is 5.86. The van der Waals surface area contributed by atoms with Gasteiger partial charge in [-0.05, 0) is 49.7 Å². The number of hydrogen-bond acceptors (Lipinski definition) is 3. The molecule has 0 radical (unpaired) electrons. The number of carbonyl (C=O) groups is 1. The summed E-state index contributed by atoms with van der Waals surface area (Å²) in [7, 11) is 2.09. The molecule has 1 heterocycles. The monoisotopic (exact) mass is 302 g/mol. The van der Waals surface area contributed by atoms with Crippen molar-refractivity contribution in [1.82, 2.24) is 5.32 Å². The Morgan fingerprint density at radius 1 is 1.23 bits per heavy atom. The lowest BCUT2D eigenvalue weighted by atomic mass is 9.85. The lowest BCUT2D eigenvalue weighted by molar-refractivity contribution is -0.123. The van der Waals surface area contributed by atoms with Gasteiger partial charge in [0, 0.05) is 31.9 Å². The molecule has 2 N–H and O–H groups in total. The van der Waals surface area contributed by atoms with E-state index in [-0.39, 0.29) is 24.5 Å². The molecular formula is C18H26N2O2. The van der Waals surface area contributed by atoms with Crippen LogP contribution < -0.4 is 10.2 Å². The van der Waals surface area contributed by atoms with Crippen LogP contribution in [0.2, 0.25) is 0 Å². The van der Waals surface area contributed by atoms with E-state index in [0.29, 0.717) is 5.92 Å². The molecule has 2 aliphatic rings. The van der Waals surface area contributed by atoms with E-state index >= 15 is 0 Å². The summed E-state index contributed by atoms with van der Waals surface area (Å²) in [5, 5.41) is 12.5. The molecule has 120 valence electrons. The summed E-state index contributed by atoms with van der Waals surface area (Å²) in [6.45, 7) is 1.20. The summed E-state index contributed by atoms with van der Waals surface area (Å²) >= 11 is 0. The van der Waals surface area contributed by atoms with Gasteiger partial charge in [-0.15, -0.1) is 0 Å². The van der Waals surface area contributed by atoms with Crippen LogP contribution in [-0.4, -0.2) is 37.3 Å². The van der Waals surface area contributed by atoms with Crippen LogP contribution in [0, 0.1) is 5.92 Å². The van der Waals surface area contributed by atoms with E-state index in [1.165, 1.54) is 5.69 Å². The number of rotatable bonds is 3. The van der Waals surface area contributed by atoms with Gasteiger partial charge in [0.15, 0.2) is 0 Å². The summed E-state index contributed by atoms with van der Waals surface area (Å²) in [5.41, 5.74) is 2.33. The van der Waals surface area contributed by atoms with Crippen LogP contribution in [0.4, 0.5) is 5.69 Å². The number of para-hydroxylation sites is 1. The minimum atomic E-state index is -0.0250. The highest BCUT2D eigenvalue weighted by Gasteiger charge is 2.30. The maximum atomic E-state index is 12.7. The first-order valence-electron chi connectivity index (χ1n) is 8.40. The first kappa shape index (κ1) is 15.3.